The van der Waals surface area contributed by atoms with E-state index in [2.05, 4.69) is 13.0 Å². The van der Waals surface area contributed by atoms with Crippen LogP contribution in [-0.2, 0) is 19.0 Å². The van der Waals surface area contributed by atoms with Crippen LogP contribution in [0.5, 0.6) is 0 Å². The van der Waals surface area contributed by atoms with Crippen LogP contribution in [0, 0.1) is 0 Å². The van der Waals surface area contributed by atoms with Gasteiger partial charge in [-0.2, -0.15) is 13.2 Å². The predicted octanol–water partition coefficient (Wildman–Crippen LogP) is 6.52. The number of hydrogen-bond donors (Lipinski definition) is 1. The van der Waals surface area contributed by atoms with Gasteiger partial charge in [-0.1, -0.05) is 64.4 Å². The number of hydrogen-bond acceptors (Lipinski definition) is 1. The van der Waals surface area contributed by atoms with Crippen LogP contribution in [0.4, 0.5) is 18.9 Å². The van der Waals surface area contributed by atoms with Crippen molar-refractivity contribution in [2.75, 3.05) is 5.73 Å². The SMILES string of the molecule is CC.CCCc1cccc(N)c1.CCc1ccccc1C(F)(F)F. The van der Waals surface area contributed by atoms with Gasteiger partial charge in [-0.3, -0.25) is 0 Å². The minimum absolute atomic E-state index is 0.352. The first-order valence-electron chi connectivity index (χ1n) is 8.38. The van der Waals surface area contributed by atoms with Crippen LogP contribution in [0.3, 0.4) is 0 Å². The number of nitrogen functional groups attached to an aromatic ring is 1. The smallest absolute Gasteiger partial charge is 0.399 e. The Morgan fingerprint density at radius 2 is 1.54 bits per heavy atom. The Labute approximate surface area is 143 Å². The number of benzene rings is 2. The third kappa shape index (κ3) is 8.04. The molecule has 0 aliphatic rings. The molecule has 0 spiro atoms. The maximum Gasteiger partial charge on any atom is 0.416 e. The molecule has 2 rings (SSSR count). The van der Waals surface area contributed by atoms with Crippen molar-refractivity contribution in [2.24, 2.45) is 0 Å². The van der Waals surface area contributed by atoms with E-state index in [1.54, 1.807) is 13.0 Å². The summed E-state index contributed by atoms with van der Waals surface area (Å²) in [6, 6.07) is 13.7. The number of alkyl halides is 3. The molecule has 134 valence electrons. The van der Waals surface area contributed by atoms with E-state index in [0.717, 1.165) is 18.2 Å². The first-order chi connectivity index (χ1) is 11.4. The van der Waals surface area contributed by atoms with Crippen molar-refractivity contribution in [3.63, 3.8) is 0 Å². The summed E-state index contributed by atoms with van der Waals surface area (Å²) in [7, 11) is 0. The van der Waals surface area contributed by atoms with Crippen LogP contribution in [0.2, 0.25) is 0 Å². The number of rotatable bonds is 3. The molecular formula is C20H28F3N. The van der Waals surface area contributed by atoms with Gasteiger partial charge in [-0.15, -0.1) is 0 Å². The zero-order chi connectivity index (χ0) is 18.6. The topological polar surface area (TPSA) is 26.0 Å². The van der Waals surface area contributed by atoms with Gasteiger partial charge >= 0.3 is 6.18 Å². The standard InChI is InChI=1S/C9H9F3.C9H13N.C2H6/c1-2-7-5-3-4-6-8(7)9(10,11)12;1-2-4-8-5-3-6-9(10)7-8;1-2/h3-6H,2H2,1H3;3,5-7H,2,4,10H2,1H3;1-2H3. The lowest BCUT2D eigenvalue weighted by molar-refractivity contribution is -0.138. The molecule has 0 radical (unpaired) electrons. The van der Waals surface area contributed by atoms with Crippen LogP contribution < -0.4 is 5.73 Å². The Morgan fingerprint density at radius 1 is 0.917 bits per heavy atom. The molecule has 0 bridgehead atoms. The number of halogens is 3. The molecule has 2 aromatic carbocycles. The van der Waals surface area contributed by atoms with Gasteiger partial charge < -0.3 is 5.73 Å². The normalized spacial score (nSPS) is 10.1. The second-order valence-corrected chi connectivity index (χ2v) is 5.00. The summed E-state index contributed by atoms with van der Waals surface area (Å²) in [6.07, 6.45) is -1.49. The van der Waals surface area contributed by atoms with Gasteiger partial charge in [0.15, 0.2) is 0 Å². The molecule has 0 aliphatic heterocycles. The van der Waals surface area contributed by atoms with E-state index in [1.807, 2.05) is 32.0 Å². The fraction of sp³-hybridized carbons (Fsp3) is 0.400. The fourth-order valence-electron chi connectivity index (χ4n) is 2.14. The molecule has 0 heterocycles. The van der Waals surface area contributed by atoms with Crippen LogP contribution in [0.25, 0.3) is 0 Å². The van der Waals surface area contributed by atoms with Crippen molar-refractivity contribution in [1.82, 2.24) is 0 Å². The highest BCUT2D eigenvalue weighted by atomic mass is 19.4. The Balaban J connectivity index is 0.000000405. The van der Waals surface area contributed by atoms with Gasteiger partial charge in [0.25, 0.3) is 0 Å². The summed E-state index contributed by atoms with van der Waals surface area (Å²) in [5.74, 6) is 0. The molecule has 0 saturated carbocycles. The fourth-order valence-corrected chi connectivity index (χ4v) is 2.14. The Bertz CT molecular complexity index is 577. The van der Waals surface area contributed by atoms with Crippen molar-refractivity contribution in [2.45, 2.75) is 53.1 Å². The first-order valence-corrected chi connectivity index (χ1v) is 8.38. The van der Waals surface area contributed by atoms with Gasteiger partial charge in [0.05, 0.1) is 5.56 Å². The lowest BCUT2D eigenvalue weighted by Crippen LogP contribution is -2.08. The maximum atomic E-state index is 12.2. The minimum atomic E-state index is -4.22. The van der Waals surface area contributed by atoms with Crippen LogP contribution in [-0.4, -0.2) is 0 Å². The highest BCUT2D eigenvalue weighted by Crippen LogP contribution is 2.31. The second kappa shape index (κ2) is 11.5. The summed E-state index contributed by atoms with van der Waals surface area (Å²) >= 11 is 0. The summed E-state index contributed by atoms with van der Waals surface area (Å²) < 4.78 is 36.7. The third-order valence-electron chi connectivity index (χ3n) is 3.19. The van der Waals surface area contributed by atoms with Crippen molar-refractivity contribution in [1.29, 1.82) is 0 Å². The quantitative estimate of drug-likeness (QED) is 0.633. The average Bonchev–Trinajstić information content (AvgIpc) is 2.57. The van der Waals surface area contributed by atoms with Gasteiger partial charge in [0.1, 0.15) is 0 Å². The second-order valence-electron chi connectivity index (χ2n) is 5.00. The van der Waals surface area contributed by atoms with Crippen LogP contribution in [0.15, 0.2) is 48.5 Å². The molecule has 1 nitrogen and oxygen atoms in total. The number of nitrogens with two attached hydrogens (primary N) is 1. The highest BCUT2D eigenvalue weighted by Gasteiger charge is 2.32. The van der Waals surface area contributed by atoms with E-state index in [9.17, 15) is 13.2 Å². The van der Waals surface area contributed by atoms with Crippen molar-refractivity contribution in [3.8, 4) is 0 Å². The zero-order valence-corrected chi connectivity index (χ0v) is 15.0. The van der Waals surface area contributed by atoms with E-state index in [-0.39, 0.29) is 0 Å². The molecule has 24 heavy (non-hydrogen) atoms. The van der Waals surface area contributed by atoms with Crippen molar-refractivity contribution < 1.29 is 13.2 Å². The van der Waals surface area contributed by atoms with Crippen LogP contribution >= 0.6 is 0 Å². The van der Waals surface area contributed by atoms with Crippen LogP contribution in [0.1, 0.15) is 50.8 Å². The van der Waals surface area contributed by atoms with Gasteiger partial charge in [0.2, 0.25) is 0 Å². The van der Waals surface area contributed by atoms with E-state index >= 15 is 0 Å². The monoisotopic (exact) mass is 339 g/mol. The first kappa shape index (κ1) is 22.0. The molecule has 0 aliphatic carbocycles. The van der Waals surface area contributed by atoms with Gasteiger partial charge in [0, 0.05) is 5.69 Å². The summed E-state index contributed by atoms with van der Waals surface area (Å²) in [5.41, 5.74) is 7.62. The molecule has 0 amide bonds. The van der Waals surface area contributed by atoms with Gasteiger partial charge in [-0.25, -0.2) is 0 Å². The average molecular weight is 339 g/mol. The van der Waals surface area contributed by atoms with E-state index in [1.165, 1.54) is 24.1 Å². The lowest BCUT2D eigenvalue weighted by Gasteiger charge is -2.10. The summed E-state index contributed by atoms with van der Waals surface area (Å²) in [6.45, 7) is 7.88. The molecular weight excluding hydrogens is 311 g/mol. The zero-order valence-electron chi connectivity index (χ0n) is 15.0. The highest BCUT2D eigenvalue weighted by molar-refractivity contribution is 5.40. The predicted molar refractivity (Wildman–Crippen MR) is 97.0 cm³/mol. The summed E-state index contributed by atoms with van der Waals surface area (Å²) in [5, 5.41) is 0. The van der Waals surface area contributed by atoms with E-state index in [0.29, 0.717) is 12.0 Å². The lowest BCUT2D eigenvalue weighted by atomic mass is 10.1. The Morgan fingerprint density at radius 3 is 2.00 bits per heavy atom. The molecule has 2 N–H and O–H groups in total. The third-order valence-corrected chi connectivity index (χ3v) is 3.19. The Kier molecular flexibility index (Phi) is 10.6. The van der Waals surface area contributed by atoms with E-state index in [4.69, 9.17) is 5.73 Å². The van der Waals surface area contributed by atoms with Gasteiger partial charge in [-0.05, 0) is 42.2 Å². The molecule has 2 aromatic rings. The minimum Gasteiger partial charge on any atom is -0.399 e. The van der Waals surface area contributed by atoms with Crippen molar-refractivity contribution >= 4 is 5.69 Å². The molecule has 0 fully saturated rings. The molecule has 0 unspecified atom stereocenters. The van der Waals surface area contributed by atoms with E-state index < -0.39 is 11.7 Å². The number of anilines is 1. The molecule has 0 atom stereocenters. The molecule has 0 saturated heterocycles. The number of aryl methyl sites for hydroxylation is 2. The largest absolute Gasteiger partial charge is 0.416 e. The Hall–Kier alpha value is -1.97. The summed E-state index contributed by atoms with van der Waals surface area (Å²) in [4.78, 5) is 0. The molecule has 0 aromatic heterocycles. The maximum absolute atomic E-state index is 12.2. The molecule has 4 heteroatoms. The van der Waals surface area contributed by atoms with Crippen molar-refractivity contribution in [3.05, 3.63) is 65.2 Å².